The van der Waals surface area contributed by atoms with Crippen molar-refractivity contribution in [2.75, 3.05) is 13.2 Å². The van der Waals surface area contributed by atoms with E-state index in [0.717, 1.165) is 16.0 Å². The van der Waals surface area contributed by atoms with E-state index in [1.165, 1.54) is 11.3 Å². The Kier molecular flexibility index (Phi) is 7.13. The fourth-order valence-electron chi connectivity index (χ4n) is 2.55. The third kappa shape index (κ3) is 6.29. The molecule has 0 radical (unpaired) electrons. The number of amides is 2. The highest BCUT2D eigenvalue weighted by atomic mass is 32.1. The molecule has 2 aromatic carbocycles. The highest BCUT2D eigenvalue weighted by molar-refractivity contribution is 7.09. The molecule has 2 amide bonds. The molecule has 2 N–H and O–H groups in total. The molecule has 3 aromatic rings. The van der Waals surface area contributed by atoms with E-state index in [2.05, 4.69) is 10.6 Å². The molecular formula is C22H20N2O4S. The van der Waals surface area contributed by atoms with Crippen LogP contribution in [-0.4, -0.2) is 30.9 Å². The monoisotopic (exact) mass is 408 g/mol. The molecule has 7 heteroatoms. The first-order valence-corrected chi connectivity index (χ1v) is 9.88. The average molecular weight is 408 g/mol. The molecule has 148 valence electrons. The van der Waals surface area contributed by atoms with Gasteiger partial charge in [0.25, 0.3) is 11.8 Å². The summed E-state index contributed by atoms with van der Waals surface area (Å²) in [6, 6.07) is 20.7. The van der Waals surface area contributed by atoms with E-state index < -0.39 is 11.9 Å². The van der Waals surface area contributed by atoms with Gasteiger partial charge in [-0.05, 0) is 34.7 Å². The number of carbonyl (C=O) groups is 3. The van der Waals surface area contributed by atoms with Gasteiger partial charge in [0.1, 0.15) is 6.54 Å². The Balaban J connectivity index is 1.39. The SMILES string of the molecule is O=C(COC(=O)CNC(=O)c1ccc(-c2ccccc2)cc1)NCc1cccs1. The van der Waals surface area contributed by atoms with Crippen molar-refractivity contribution in [3.05, 3.63) is 82.6 Å². The van der Waals surface area contributed by atoms with Gasteiger partial charge < -0.3 is 15.4 Å². The number of esters is 1. The van der Waals surface area contributed by atoms with Crippen molar-refractivity contribution >= 4 is 29.1 Å². The lowest BCUT2D eigenvalue weighted by Crippen LogP contribution is -2.33. The standard InChI is InChI=1S/C22H20N2O4S/c25-20(23-13-19-7-4-12-29-19)15-28-21(26)14-24-22(27)18-10-8-17(9-11-18)16-5-2-1-3-6-16/h1-12H,13-15H2,(H,23,25)(H,24,27). The molecule has 0 aliphatic rings. The summed E-state index contributed by atoms with van der Waals surface area (Å²) in [6.45, 7) is -0.299. The van der Waals surface area contributed by atoms with Crippen molar-refractivity contribution in [2.45, 2.75) is 6.54 Å². The van der Waals surface area contributed by atoms with Crippen LogP contribution in [-0.2, 0) is 20.9 Å². The number of carbonyl (C=O) groups excluding carboxylic acids is 3. The third-order valence-electron chi connectivity index (χ3n) is 4.05. The highest BCUT2D eigenvalue weighted by Crippen LogP contribution is 2.19. The first kappa shape index (κ1) is 20.3. The minimum absolute atomic E-state index is 0.308. The van der Waals surface area contributed by atoms with E-state index in [1.54, 1.807) is 12.1 Å². The molecule has 0 saturated heterocycles. The molecule has 1 heterocycles. The second-order valence-corrected chi connectivity index (χ2v) is 7.18. The minimum Gasteiger partial charge on any atom is -0.454 e. The van der Waals surface area contributed by atoms with Crippen molar-refractivity contribution in [1.29, 1.82) is 0 Å². The predicted octanol–water partition coefficient (Wildman–Crippen LogP) is 3.00. The maximum absolute atomic E-state index is 12.2. The van der Waals surface area contributed by atoms with Gasteiger partial charge in [0.05, 0.1) is 6.54 Å². The lowest BCUT2D eigenvalue weighted by atomic mass is 10.0. The highest BCUT2D eigenvalue weighted by Gasteiger charge is 2.11. The van der Waals surface area contributed by atoms with E-state index in [1.807, 2.05) is 60.0 Å². The van der Waals surface area contributed by atoms with Gasteiger partial charge >= 0.3 is 5.97 Å². The van der Waals surface area contributed by atoms with Gasteiger partial charge in [0.15, 0.2) is 6.61 Å². The number of benzene rings is 2. The molecular weight excluding hydrogens is 388 g/mol. The topological polar surface area (TPSA) is 84.5 Å². The van der Waals surface area contributed by atoms with Gasteiger partial charge in [-0.25, -0.2) is 0 Å². The summed E-state index contributed by atoms with van der Waals surface area (Å²) >= 11 is 1.53. The second-order valence-electron chi connectivity index (χ2n) is 6.14. The lowest BCUT2D eigenvalue weighted by Gasteiger charge is -2.08. The second kappa shape index (κ2) is 10.2. The Labute approximate surface area is 172 Å². The number of hydrogen-bond acceptors (Lipinski definition) is 5. The predicted molar refractivity (Wildman–Crippen MR) is 111 cm³/mol. The summed E-state index contributed by atoms with van der Waals surface area (Å²) < 4.78 is 4.87. The summed E-state index contributed by atoms with van der Waals surface area (Å²) in [5, 5.41) is 7.07. The molecule has 0 bridgehead atoms. The first-order chi connectivity index (χ1) is 14.1. The number of rotatable bonds is 8. The zero-order chi connectivity index (χ0) is 20.5. The van der Waals surface area contributed by atoms with Crippen LogP contribution in [0.3, 0.4) is 0 Å². The summed E-state index contributed by atoms with van der Waals surface area (Å²) in [5.74, 6) is -1.45. The van der Waals surface area contributed by atoms with E-state index in [0.29, 0.717) is 12.1 Å². The molecule has 0 saturated carbocycles. The maximum atomic E-state index is 12.2. The van der Waals surface area contributed by atoms with Crippen LogP contribution in [0.4, 0.5) is 0 Å². The lowest BCUT2D eigenvalue weighted by molar-refractivity contribution is -0.147. The van der Waals surface area contributed by atoms with E-state index >= 15 is 0 Å². The molecule has 0 spiro atoms. The van der Waals surface area contributed by atoms with Crippen LogP contribution in [0, 0.1) is 0 Å². The maximum Gasteiger partial charge on any atom is 0.325 e. The van der Waals surface area contributed by atoms with Crippen LogP contribution in [0.25, 0.3) is 11.1 Å². The van der Waals surface area contributed by atoms with Crippen LogP contribution in [0.1, 0.15) is 15.2 Å². The van der Waals surface area contributed by atoms with Gasteiger partial charge in [0.2, 0.25) is 0 Å². The molecule has 0 unspecified atom stereocenters. The summed E-state index contributed by atoms with van der Waals surface area (Å²) in [7, 11) is 0. The Morgan fingerprint density at radius 2 is 1.55 bits per heavy atom. The molecule has 6 nitrogen and oxygen atoms in total. The van der Waals surface area contributed by atoms with E-state index in [-0.39, 0.29) is 19.1 Å². The van der Waals surface area contributed by atoms with Crippen LogP contribution in [0.15, 0.2) is 72.1 Å². The number of ether oxygens (including phenoxy) is 1. The molecule has 3 rings (SSSR count). The Hall–Kier alpha value is -3.45. The van der Waals surface area contributed by atoms with Gasteiger partial charge in [-0.3, -0.25) is 14.4 Å². The van der Waals surface area contributed by atoms with Crippen molar-refractivity contribution in [3.8, 4) is 11.1 Å². The normalized spacial score (nSPS) is 10.2. The largest absolute Gasteiger partial charge is 0.454 e. The molecule has 29 heavy (non-hydrogen) atoms. The van der Waals surface area contributed by atoms with Gasteiger partial charge in [-0.1, -0.05) is 48.5 Å². The summed E-state index contributed by atoms with van der Waals surface area (Å²) in [6.07, 6.45) is 0. The smallest absolute Gasteiger partial charge is 0.325 e. The molecule has 1 aromatic heterocycles. The third-order valence-corrected chi connectivity index (χ3v) is 4.93. The fourth-order valence-corrected chi connectivity index (χ4v) is 3.19. The molecule has 0 aliphatic heterocycles. The number of nitrogens with one attached hydrogen (secondary N) is 2. The minimum atomic E-state index is -0.675. The Bertz CT molecular complexity index is 954. The van der Waals surface area contributed by atoms with Crippen molar-refractivity contribution in [3.63, 3.8) is 0 Å². The average Bonchev–Trinajstić information content (AvgIpc) is 3.29. The van der Waals surface area contributed by atoms with E-state index in [9.17, 15) is 14.4 Å². The van der Waals surface area contributed by atoms with Gasteiger partial charge in [-0.15, -0.1) is 11.3 Å². The molecule has 0 aliphatic carbocycles. The Morgan fingerprint density at radius 1 is 0.828 bits per heavy atom. The summed E-state index contributed by atoms with van der Waals surface area (Å²) in [4.78, 5) is 36.6. The fraction of sp³-hybridized carbons (Fsp3) is 0.136. The van der Waals surface area contributed by atoms with Gasteiger partial charge in [0, 0.05) is 10.4 Å². The number of hydrogen-bond donors (Lipinski definition) is 2. The zero-order valence-electron chi connectivity index (χ0n) is 15.6. The van der Waals surface area contributed by atoms with Crippen LogP contribution >= 0.6 is 11.3 Å². The van der Waals surface area contributed by atoms with Crippen molar-refractivity contribution in [2.24, 2.45) is 0 Å². The van der Waals surface area contributed by atoms with Crippen molar-refractivity contribution in [1.82, 2.24) is 10.6 Å². The zero-order valence-corrected chi connectivity index (χ0v) is 16.4. The van der Waals surface area contributed by atoms with Crippen LogP contribution in [0.2, 0.25) is 0 Å². The number of thiophene rings is 1. The summed E-state index contributed by atoms with van der Waals surface area (Å²) in [5.41, 5.74) is 2.49. The van der Waals surface area contributed by atoms with Crippen LogP contribution < -0.4 is 10.6 Å². The quantitative estimate of drug-likeness (QED) is 0.561. The van der Waals surface area contributed by atoms with Crippen LogP contribution in [0.5, 0.6) is 0 Å². The molecule has 0 fully saturated rings. The van der Waals surface area contributed by atoms with Gasteiger partial charge in [-0.2, -0.15) is 0 Å². The molecule has 0 atom stereocenters. The van der Waals surface area contributed by atoms with Crippen molar-refractivity contribution < 1.29 is 19.1 Å². The Morgan fingerprint density at radius 3 is 2.24 bits per heavy atom. The first-order valence-electron chi connectivity index (χ1n) is 9.00. The van der Waals surface area contributed by atoms with E-state index in [4.69, 9.17) is 4.74 Å².